The van der Waals surface area contributed by atoms with E-state index in [0.717, 1.165) is 31.1 Å². The zero-order chi connectivity index (χ0) is 21.9. The van der Waals surface area contributed by atoms with Crippen LogP contribution in [0.25, 0.3) is 0 Å². The number of amides is 1. The van der Waals surface area contributed by atoms with E-state index in [4.69, 9.17) is 4.74 Å². The molecule has 0 bridgehead atoms. The molecule has 0 unspecified atom stereocenters. The molecule has 5 heteroatoms. The summed E-state index contributed by atoms with van der Waals surface area (Å²) >= 11 is 0. The van der Waals surface area contributed by atoms with E-state index in [0.29, 0.717) is 19.2 Å². The van der Waals surface area contributed by atoms with Gasteiger partial charge in [-0.2, -0.15) is 0 Å². The Balaban J connectivity index is 1.23. The lowest BCUT2D eigenvalue weighted by atomic mass is 9.97. The van der Waals surface area contributed by atoms with Gasteiger partial charge in [-0.1, -0.05) is 49.4 Å². The highest BCUT2D eigenvalue weighted by Gasteiger charge is 2.43. The molecule has 5 nitrogen and oxygen atoms in total. The van der Waals surface area contributed by atoms with Crippen LogP contribution < -0.4 is 10.2 Å². The number of hydrogen-bond acceptors (Lipinski definition) is 4. The molecule has 1 amide bonds. The topological polar surface area (TPSA) is 44.8 Å². The number of carbonyl (C=O) groups excluding carboxylic acids is 1. The maximum Gasteiger partial charge on any atom is 0.251 e. The van der Waals surface area contributed by atoms with Crippen molar-refractivity contribution in [3.63, 3.8) is 0 Å². The first-order valence-electron chi connectivity index (χ1n) is 12.2. The normalized spacial score (nSPS) is 25.0. The van der Waals surface area contributed by atoms with Crippen LogP contribution in [0.3, 0.4) is 0 Å². The monoisotopic (exact) mass is 433 g/mol. The maximum atomic E-state index is 13.2. The largest absolute Gasteiger partial charge is 0.372 e. The van der Waals surface area contributed by atoms with E-state index in [1.54, 1.807) is 0 Å². The Morgan fingerprint density at radius 1 is 0.969 bits per heavy atom. The lowest BCUT2D eigenvalue weighted by molar-refractivity contribution is -0.146. The summed E-state index contributed by atoms with van der Waals surface area (Å²) < 4.78 is 6.05. The molecule has 2 heterocycles. The molecule has 5 rings (SSSR count). The molecule has 2 aromatic rings. The summed E-state index contributed by atoms with van der Waals surface area (Å²) in [5, 5.41) is 3.15. The van der Waals surface area contributed by atoms with Crippen molar-refractivity contribution >= 4 is 11.6 Å². The molecule has 3 fully saturated rings. The summed E-state index contributed by atoms with van der Waals surface area (Å²) in [5.74, 6) is 0.816. The Morgan fingerprint density at radius 3 is 2.38 bits per heavy atom. The smallest absolute Gasteiger partial charge is 0.251 e. The van der Waals surface area contributed by atoms with Crippen molar-refractivity contribution in [2.45, 2.75) is 57.3 Å². The highest BCUT2D eigenvalue weighted by molar-refractivity contribution is 5.82. The highest BCUT2D eigenvalue weighted by Crippen LogP contribution is 2.39. The molecule has 0 aromatic heterocycles. The van der Waals surface area contributed by atoms with Crippen LogP contribution in [-0.4, -0.2) is 49.2 Å². The lowest BCUT2D eigenvalue weighted by Gasteiger charge is -2.41. The molecule has 1 saturated carbocycles. The standard InChI is InChI=1S/C27H35N3O2/c1-20-13-15-29(16-14-20)23-9-7-21(8-10-23)19-28-27(31)26-25(22-5-3-2-4-6-22)30(17-18-32-26)24-11-12-24/h2-10,20,24-26H,11-19H2,1H3,(H,28,31)/t25-,26+/m0/s1. The van der Waals surface area contributed by atoms with E-state index in [1.807, 2.05) is 6.07 Å². The van der Waals surface area contributed by atoms with Gasteiger partial charge in [0.15, 0.2) is 6.10 Å². The fraction of sp³-hybridized carbons (Fsp3) is 0.519. The average Bonchev–Trinajstić information content (AvgIpc) is 3.69. The minimum absolute atomic E-state index is 0.0127. The van der Waals surface area contributed by atoms with Crippen molar-refractivity contribution in [3.8, 4) is 0 Å². The number of piperidine rings is 1. The first-order valence-corrected chi connectivity index (χ1v) is 12.2. The molecule has 2 atom stereocenters. The molecular weight excluding hydrogens is 398 g/mol. The number of nitrogens with zero attached hydrogens (tertiary/aromatic N) is 2. The summed E-state index contributed by atoms with van der Waals surface area (Å²) in [6.45, 7) is 6.64. The zero-order valence-corrected chi connectivity index (χ0v) is 19.1. The molecule has 1 aliphatic carbocycles. The van der Waals surface area contributed by atoms with E-state index >= 15 is 0 Å². The van der Waals surface area contributed by atoms with Crippen LogP contribution in [0, 0.1) is 5.92 Å². The number of carbonyl (C=O) groups is 1. The van der Waals surface area contributed by atoms with Crippen LogP contribution in [0.5, 0.6) is 0 Å². The molecule has 0 radical (unpaired) electrons. The van der Waals surface area contributed by atoms with Crippen molar-refractivity contribution in [2.24, 2.45) is 5.92 Å². The first kappa shape index (κ1) is 21.5. The number of ether oxygens (including phenoxy) is 1. The molecule has 2 saturated heterocycles. The molecule has 32 heavy (non-hydrogen) atoms. The summed E-state index contributed by atoms with van der Waals surface area (Å²) in [6, 6.07) is 19.6. The first-order chi connectivity index (χ1) is 15.7. The molecular formula is C27H35N3O2. The van der Waals surface area contributed by atoms with Crippen LogP contribution in [0.15, 0.2) is 54.6 Å². The predicted molar refractivity (Wildman–Crippen MR) is 128 cm³/mol. The van der Waals surface area contributed by atoms with E-state index < -0.39 is 6.10 Å². The second-order valence-electron chi connectivity index (χ2n) is 9.67. The molecule has 3 aliphatic rings. The quantitative estimate of drug-likeness (QED) is 0.744. The molecule has 2 aromatic carbocycles. The van der Waals surface area contributed by atoms with E-state index in [9.17, 15) is 4.79 Å². The lowest BCUT2D eigenvalue weighted by Crippen LogP contribution is -2.52. The Morgan fingerprint density at radius 2 is 1.69 bits per heavy atom. The van der Waals surface area contributed by atoms with Crippen LogP contribution >= 0.6 is 0 Å². The summed E-state index contributed by atoms with van der Waals surface area (Å²) in [6.07, 6.45) is 4.50. The van der Waals surface area contributed by atoms with Gasteiger partial charge in [-0.15, -0.1) is 0 Å². The van der Waals surface area contributed by atoms with Crippen molar-refractivity contribution in [1.29, 1.82) is 0 Å². The zero-order valence-electron chi connectivity index (χ0n) is 19.1. The van der Waals surface area contributed by atoms with Gasteiger partial charge >= 0.3 is 0 Å². The van der Waals surface area contributed by atoms with Crippen LogP contribution in [0.4, 0.5) is 5.69 Å². The molecule has 170 valence electrons. The van der Waals surface area contributed by atoms with Gasteiger partial charge in [-0.3, -0.25) is 9.69 Å². The van der Waals surface area contributed by atoms with Crippen LogP contribution in [0.2, 0.25) is 0 Å². The third-order valence-corrected chi connectivity index (χ3v) is 7.26. The molecule has 0 spiro atoms. The minimum atomic E-state index is -0.471. The van der Waals surface area contributed by atoms with Gasteiger partial charge in [0.2, 0.25) is 0 Å². The second kappa shape index (κ2) is 9.63. The molecule has 1 N–H and O–H groups in total. The summed E-state index contributed by atoms with van der Waals surface area (Å²) in [5.41, 5.74) is 3.57. The Labute approximate surface area is 191 Å². The fourth-order valence-electron chi connectivity index (χ4n) is 5.12. The van der Waals surface area contributed by atoms with Crippen LogP contribution in [0.1, 0.15) is 49.8 Å². The second-order valence-corrected chi connectivity index (χ2v) is 9.67. The fourth-order valence-corrected chi connectivity index (χ4v) is 5.12. The van der Waals surface area contributed by atoms with E-state index in [1.165, 1.54) is 36.9 Å². The van der Waals surface area contributed by atoms with Crippen molar-refractivity contribution in [3.05, 3.63) is 65.7 Å². The average molecular weight is 434 g/mol. The van der Waals surface area contributed by atoms with Crippen molar-refractivity contribution in [2.75, 3.05) is 31.1 Å². The minimum Gasteiger partial charge on any atom is -0.372 e. The maximum absolute atomic E-state index is 13.2. The van der Waals surface area contributed by atoms with E-state index in [2.05, 4.69) is 70.6 Å². The SMILES string of the molecule is CC1CCN(c2ccc(CNC(=O)[C@@H]3OCCN(C4CC4)[C@H]3c3ccccc3)cc2)CC1. The van der Waals surface area contributed by atoms with Gasteiger partial charge in [0.25, 0.3) is 5.91 Å². The third-order valence-electron chi connectivity index (χ3n) is 7.26. The third kappa shape index (κ3) is 4.84. The Hall–Kier alpha value is -2.37. The number of rotatable bonds is 6. The summed E-state index contributed by atoms with van der Waals surface area (Å²) in [4.78, 5) is 18.2. The highest BCUT2D eigenvalue weighted by atomic mass is 16.5. The van der Waals surface area contributed by atoms with Crippen LogP contribution in [-0.2, 0) is 16.1 Å². The van der Waals surface area contributed by atoms with Gasteiger partial charge < -0.3 is 15.0 Å². The number of hydrogen-bond donors (Lipinski definition) is 1. The Bertz CT molecular complexity index is 889. The van der Waals surface area contributed by atoms with Crippen molar-refractivity contribution in [1.82, 2.24) is 10.2 Å². The summed E-state index contributed by atoms with van der Waals surface area (Å²) in [7, 11) is 0. The van der Waals surface area contributed by atoms with Gasteiger partial charge in [0, 0.05) is 37.9 Å². The van der Waals surface area contributed by atoms with Gasteiger partial charge in [0.1, 0.15) is 0 Å². The Kier molecular flexibility index (Phi) is 6.47. The predicted octanol–water partition coefficient (Wildman–Crippen LogP) is 4.14. The number of anilines is 1. The van der Waals surface area contributed by atoms with Gasteiger partial charge in [-0.05, 0) is 54.9 Å². The number of morpholine rings is 1. The molecule has 2 aliphatic heterocycles. The van der Waals surface area contributed by atoms with Gasteiger partial charge in [-0.25, -0.2) is 0 Å². The number of nitrogens with one attached hydrogen (secondary N) is 1. The number of benzene rings is 2. The van der Waals surface area contributed by atoms with Crippen molar-refractivity contribution < 1.29 is 9.53 Å². The van der Waals surface area contributed by atoms with E-state index in [-0.39, 0.29) is 11.9 Å². The van der Waals surface area contributed by atoms with Gasteiger partial charge in [0.05, 0.1) is 12.6 Å².